The van der Waals surface area contributed by atoms with E-state index in [1.54, 1.807) is 0 Å². The number of amides is 1. The number of nitrogens with zero attached hydrogens (tertiary/aromatic N) is 4. The van der Waals surface area contributed by atoms with Gasteiger partial charge in [0, 0.05) is 50.7 Å². The van der Waals surface area contributed by atoms with Crippen LogP contribution in [0.4, 0.5) is 5.69 Å². The Bertz CT molecular complexity index is 1110. The number of hydrogen-bond donors (Lipinski definition) is 2. The molecule has 4 rings (SSSR count). The van der Waals surface area contributed by atoms with Gasteiger partial charge in [0.1, 0.15) is 5.82 Å². The van der Waals surface area contributed by atoms with Crippen LogP contribution in [0.3, 0.4) is 0 Å². The molecule has 2 aromatic carbocycles. The van der Waals surface area contributed by atoms with Gasteiger partial charge in [0.2, 0.25) is 5.91 Å². The van der Waals surface area contributed by atoms with Crippen LogP contribution in [0, 0.1) is 6.92 Å². The van der Waals surface area contributed by atoms with Gasteiger partial charge in [0.15, 0.2) is 5.96 Å². The average Bonchev–Trinajstić information content (AvgIpc) is 3.44. The topological polar surface area (TPSA) is 74.6 Å². The van der Waals surface area contributed by atoms with Gasteiger partial charge in [0.05, 0.1) is 6.54 Å². The van der Waals surface area contributed by atoms with Crippen molar-refractivity contribution in [1.82, 2.24) is 20.2 Å². The summed E-state index contributed by atoms with van der Waals surface area (Å²) in [6.07, 6.45) is 5.43. The second-order valence-electron chi connectivity index (χ2n) is 8.29. The van der Waals surface area contributed by atoms with Gasteiger partial charge in [-0.1, -0.05) is 36.4 Å². The number of guanidine groups is 1. The van der Waals surface area contributed by atoms with Gasteiger partial charge in [-0.2, -0.15) is 0 Å². The SMILES string of the molecule is CCNC(=NCc1cccc(Cn2ccnc2C)c1)NCc1ccc(N2CCCC2=O)cc1.I. The fraction of sp³-hybridized carbons (Fsp3) is 0.346. The van der Waals surface area contributed by atoms with Gasteiger partial charge < -0.3 is 20.1 Å². The number of aryl methyl sites for hydroxylation is 1. The molecule has 7 nitrogen and oxygen atoms in total. The lowest BCUT2D eigenvalue weighted by Gasteiger charge is -2.16. The largest absolute Gasteiger partial charge is 0.357 e. The van der Waals surface area contributed by atoms with Crippen LogP contribution in [-0.4, -0.2) is 34.5 Å². The molecule has 3 aromatic rings. The van der Waals surface area contributed by atoms with Gasteiger partial charge in [-0.3, -0.25) is 4.79 Å². The van der Waals surface area contributed by atoms with Gasteiger partial charge in [0.25, 0.3) is 0 Å². The van der Waals surface area contributed by atoms with E-state index in [1.807, 2.05) is 36.4 Å². The molecule has 0 unspecified atom stereocenters. The van der Waals surface area contributed by atoms with Crippen LogP contribution in [0.2, 0.25) is 0 Å². The Kier molecular flexibility index (Phi) is 9.50. The van der Waals surface area contributed by atoms with Crippen LogP contribution in [0.5, 0.6) is 0 Å². The van der Waals surface area contributed by atoms with Crippen molar-refractivity contribution < 1.29 is 4.79 Å². The molecule has 0 saturated carbocycles. The Morgan fingerprint density at radius 3 is 2.56 bits per heavy atom. The predicted octanol–water partition coefficient (Wildman–Crippen LogP) is 4.24. The van der Waals surface area contributed by atoms with Crippen LogP contribution in [0.25, 0.3) is 0 Å². The van der Waals surface area contributed by atoms with Gasteiger partial charge in [-0.15, -0.1) is 24.0 Å². The second kappa shape index (κ2) is 12.5. The molecule has 1 aromatic heterocycles. The number of hydrogen-bond acceptors (Lipinski definition) is 3. The first-order valence-corrected chi connectivity index (χ1v) is 11.6. The molecule has 1 saturated heterocycles. The van der Waals surface area contributed by atoms with Crippen LogP contribution in [-0.2, 0) is 24.4 Å². The number of aromatic nitrogens is 2. The van der Waals surface area contributed by atoms with Crippen molar-refractivity contribution in [3.8, 4) is 0 Å². The molecule has 0 atom stereocenters. The van der Waals surface area contributed by atoms with Crippen LogP contribution >= 0.6 is 24.0 Å². The average molecular weight is 572 g/mol. The lowest BCUT2D eigenvalue weighted by Crippen LogP contribution is -2.36. The highest BCUT2D eigenvalue weighted by Crippen LogP contribution is 2.21. The molecule has 0 bridgehead atoms. The minimum Gasteiger partial charge on any atom is -0.357 e. The van der Waals surface area contributed by atoms with Crippen LogP contribution in [0.1, 0.15) is 42.3 Å². The molecule has 2 N–H and O–H groups in total. The molecule has 1 fully saturated rings. The van der Waals surface area contributed by atoms with Crippen molar-refractivity contribution in [3.63, 3.8) is 0 Å². The number of carbonyl (C=O) groups excluding carboxylic acids is 1. The summed E-state index contributed by atoms with van der Waals surface area (Å²) in [5, 5.41) is 6.73. The van der Waals surface area contributed by atoms with Gasteiger partial charge in [-0.05, 0) is 49.1 Å². The lowest BCUT2D eigenvalue weighted by atomic mass is 10.1. The molecular weight excluding hydrogens is 539 g/mol. The van der Waals surface area contributed by atoms with E-state index >= 15 is 0 Å². The summed E-state index contributed by atoms with van der Waals surface area (Å²) in [4.78, 5) is 22.9. The number of anilines is 1. The quantitative estimate of drug-likeness (QED) is 0.241. The number of rotatable bonds is 8. The third-order valence-corrected chi connectivity index (χ3v) is 5.81. The Labute approximate surface area is 218 Å². The number of carbonyl (C=O) groups is 1. The fourth-order valence-electron chi connectivity index (χ4n) is 4.01. The van der Waals surface area contributed by atoms with Crippen molar-refractivity contribution in [2.75, 3.05) is 18.0 Å². The Morgan fingerprint density at radius 1 is 1.09 bits per heavy atom. The van der Waals surface area contributed by atoms with E-state index in [9.17, 15) is 4.79 Å². The molecule has 8 heteroatoms. The lowest BCUT2D eigenvalue weighted by molar-refractivity contribution is -0.117. The van der Waals surface area contributed by atoms with Crippen molar-refractivity contribution in [3.05, 3.63) is 83.4 Å². The second-order valence-corrected chi connectivity index (χ2v) is 8.29. The predicted molar refractivity (Wildman–Crippen MR) is 148 cm³/mol. The molecule has 180 valence electrons. The number of imidazole rings is 1. The highest BCUT2D eigenvalue weighted by Gasteiger charge is 2.21. The Hall–Kier alpha value is -2.88. The van der Waals surface area contributed by atoms with Gasteiger partial charge in [-0.25, -0.2) is 9.98 Å². The maximum Gasteiger partial charge on any atom is 0.227 e. The highest BCUT2D eigenvalue weighted by atomic mass is 127. The normalized spacial score (nSPS) is 13.6. The maximum atomic E-state index is 11.9. The third kappa shape index (κ3) is 6.82. The third-order valence-electron chi connectivity index (χ3n) is 5.81. The van der Waals surface area contributed by atoms with Crippen LogP contribution in [0.15, 0.2) is 65.9 Å². The van der Waals surface area contributed by atoms with E-state index < -0.39 is 0 Å². The number of aliphatic imine (C=N–C) groups is 1. The van der Waals surface area contributed by atoms with Crippen molar-refractivity contribution in [2.24, 2.45) is 4.99 Å². The van der Waals surface area contributed by atoms with E-state index in [1.165, 1.54) is 11.1 Å². The zero-order chi connectivity index (χ0) is 23.0. The maximum absolute atomic E-state index is 11.9. The summed E-state index contributed by atoms with van der Waals surface area (Å²) in [6, 6.07) is 16.7. The molecular formula is C26H33IN6O. The first kappa shape index (κ1) is 25.7. The Morgan fingerprint density at radius 2 is 1.88 bits per heavy atom. The van der Waals surface area contributed by atoms with E-state index in [2.05, 4.69) is 63.5 Å². The first-order chi connectivity index (χ1) is 16.1. The summed E-state index contributed by atoms with van der Waals surface area (Å²) in [7, 11) is 0. The molecule has 1 aliphatic heterocycles. The fourth-order valence-corrected chi connectivity index (χ4v) is 4.01. The van der Waals surface area contributed by atoms with Crippen molar-refractivity contribution >= 4 is 41.5 Å². The smallest absolute Gasteiger partial charge is 0.227 e. The summed E-state index contributed by atoms with van der Waals surface area (Å²) in [6.45, 7) is 7.76. The van der Waals surface area contributed by atoms with Crippen molar-refractivity contribution in [2.45, 2.75) is 46.3 Å². The molecule has 0 radical (unpaired) electrons. The standard InChI is InChI=1S/C26H32N6O.HI/c1-3-27-26(29-17-21-9-11-24(12-10-21)32-14-5-8-25(32)33)30-18-22-6-4-7-23(16-22)19-31-15-13-28-20(31)2;/h4,6-7,9-13,15-16H,3,5,8,14,17-19H2,1-2H3,(H2,27,29,30);1H. The van der Waals surface area contributed by atoms with E-state index in [0.29, 0.717) is 19.5 Å². The number of halogens is 1. The van der Waals surface area contributed by atoms with E-state index in [-0.39, 0.29) is 29.9 Å². The molecule has 34 heavy (non-hydrogen) atoms. The highest BCUT2D eigenvalue weighted by molar-refractivity contribution is 14.0. The minimum atomic E-state index is 0. The summed E-state index contributed by atoms with van der Waals surface area (Å²) >= 11 is 0. The first-order valence-electron chi connectivity index (χ1n) is 11.6. The zero-order valence-corrected chi connectivity index (χ0v) is 22.2. The van der Waals surface area contributed by atoms with Crippen LogP contribution < -0.4 is 15.5 Å². The molecule has 1 aliphatic rings. The Balaban J connectivity index is 0.00000324. The monoisotopic (exact) mass is 572 g/mol. The molecule has 2 heterocycles. The summed E-state index contributed by atoms with van der Waals surface area (Å²) in [5.41, 5.74) is 4.53. The summed E-state index contributed by atoms with van der Waals surface area (Å²) in [5.74, 6) is 2.01. The molecule has 0 spiro atoms. The number of benzene rings is 2. The minimum absolute atomic E-state index is 0. The van der Waals surface area contributed by atoms with E-state index in [0.717, 1.165) is 49.1 Å². The van der Waals surface area contributed by atoms with Crippen molar-refractivity contribution in [1.29, 1.82) is 0 Å². The molecule has 1 amide bonds. The number of nitrogens with one attached hydrogen (secondary N) is 2. The zero-order valence-electron chi connectivity index (χ0n) is 19.8. The molecule has 0 aliphatic carbocycles. The summed E-state index contributed by atoms with van der Waals surface area (Å²) < 4.78 is 2.14. The van der Waals surface area contributed by atoms with Gasteiger partial charge >= 0.3 is 0 Å². The van der Waals surface area contributed by atoms with E-state index in [4.69, 9.17) is 4.99 Å².